The number of aryl methyl sites for hydroxylation is 1. The molecule has 1 aromatic rings. The number of rotatable bonds is 4. The molecule has 7 heteroatoms. The Labute approximate surface area is 120 Å². The van der Waals surface area contributed by atoms with Gasteiger partial charge in [-0.15, -0.1) is 0 Å². The third-order valence-electron chi connectivity index (χ3n) is 3.20. The largest absolute Gasteiger partial charge is 0.462 e. The van der Waals surface area contributed by atoms with E-state index >= 15 is 0 Å². The molecule has 1 aliphatic rings. The molecule has 6 nitrogen and oxygen atoms in total. The summed E-state index contributed by atoms with van der Waals surface area (Å²) in [5.41, 5.74) is 0.988. The molecule has 1 saturated heterocycles. The third-order valence-corrected chi connectivity index (χ3v) is 4.58. The van der Waals surface area contributed by atoms with E-state index in [1.807, 2.05) is 0 Å². The number of aromatic nitrogens is 2. The second-order valence-corrected chi connectivity index (χ2v) is 6.38. The summed E-state index contributed by atoms with van der Waals surface area (Å²) in [5, 5.41) is 3.23. The van der Waals surface area contributed by atoms with Crippen molar-refractivity contribution in [3.63, 3.8) is 0 Å². The van der Waals surface area contributed by atoms with E-state index < -0.39 is 16.8 Å². The van der Waals surface area contributed by atoms with Crippen molar-refractivity contribution in [2.45, 2.75) is 32.7 Å². The van der Waals surface area contributed by atoms with Gasteiger partial charge in [-0.2, -0.15) is 0 Å². The topological polar surface area (TPSA) is 81.2 Å². The van der Waals surface area contributed by atoms with Crippen LogP contribution in [0.5, 0.6) is 0 Å². The highest BCUT2D eigenvalue weighted by Gasteiger charge is 2.19. The number of nitrogens with zero attached hydrogens (tertiary/aromatic N) is 2. The average molecular weight is 297 g/mol. The molecule has 2 heterocycles. The predicted molar refractivity (Wildman–Crippen MR) is 77.2 cm³/mol. The molecule has 1 aromatic heterocycles. The predicted octanol–water partition coefficient (Wildman–Crippen LogP) is 1.28. The van der Waals surface area contributed by atoms with E-state index in [0.717, 1.165) is 24.3 Å². The second kappa shape index (κ2) is 6.78. The van der Waals surface area contributed by atoms with Crippen LogP contribution in [0.25, 0.3) is 0 Å². The van der Waals surface area contributed by atoms with E-state index in [1.54, 1.807) is 13.8 Å². The normalized spacial score (nSPS) is 22.3. The minimum absolute atomic E-state index is 0.251. The quantitative estimate of drug-likeness (QED) is 0.843. The van der Waals surface area contributed by atoms with Crippen molar-refractivity contribution in [1.82, 2.24) is 9.97 Å². The zero-order valence-corrected chi connectivity index (χ0v) is 12.5. The minimum Gasteiger partial charge on any atom is -0.462 e. The van der Waals surface area contributed by atoms with Crippen LogP contribution in [-0.2, 0) is 15.5 Å². The molecule has 0 aromatic carbocycles. The molecule has 0 amide bonds. The molecular weight excluding hydrogens is 278 g/mol. The van der Waals surface area contributed by atoms with Gasteiger partial charge in [0, 0.05) is 34.5 Å². The van der Waals surface area contributed by atoms with Crippen molar-refractivity contribution < 1.29 is 13.7 Å². The highest BCUT2D eigenvalue weighted by atomic mass is 32.2. The van der Waals surface area contributed by atoms with Gasteiger partial charge in [-0.1, -0.05) is 0 Å². The Balaban J connectivity index is 2.01. The molecule has 0 radical (unpaired) electrons. The zero-order valence-electron chi connectivity index (χ0n) is 11.7. The van der Waals surface area contributed by atoms with Gasteiger partial charge in [-0.3, -0.25) is 4.21 Å². The summed E-state index contributed by atoms with van der Waals surface area (Å²) in [5.74, 6) is 1.55. The van der Waals surface area contributed by atoms with Crippen LogP contribution in [0.2, 0.25) is 0 Å². The number of nitrogens with one attached hydrogen (secondary N) is 1. The monoisotopic (exact) mass is 297 g/mol. The molecule has 1 aliphatic heterocycles. The summed E-state index contributed by atoms with van der Waals surface area (Å²) in [6, 6.07) is 0.251. The van der Waals surface area contributed by atoms with Gasteiger partial charge >= 0.3 is 5.97 Å². The molecule has 20 heavy (non-hydrogen) atoms. The van der Waals surface area contributed by atoms with E-state index in [-0.39, 0.29) is 6.04 Å². The summed E-state index contributed by atoms with van der Waals surface area (Å²) in [4.78, 5) is 20.1. The highest BCUT2D eigenvalue weighted by Crippen LogP contribution is 2.15. The van der Waals surface area contributed by atoms with Crippen LogP contribution in [-0.4, -0.2) is 44.3 Å². The Morgan fingerprint density at radius 3 is 2.80 bits per heavy atom. The second-order valence-electron chi connectivity index (χ2n) is 4.68. The first kappa shape index (κ1) is 14.9. The van der Waals surface area contributed by atoms with E-state index in [1.165, 1.54) is 6.20 Å². The number of esters is 1. The van der Waals surface area contributed by atoms with E-state index in [0.29, 0.717) is 23.8 Å². The van der Waals surface area contributed by atoms with Crippen LogP contribution < -0.4 is 5.32 Å². The fourth-order valence-corrected chi connectivity index (χ4v) is 3.37. The van der Waals surface area contributed by atoms with Gasteiger partial charge in [-0.05, 0) is 26.7 Å². The Morgan fingerprint density at radius 2 is 2.20 bits per heavy atom. The molecule has 0 saturated carbocycles. The van der Waals surface area contributed by atoms with Crippen LogP contribution >= 0.6 is 0 Å². The lowest BCUT2D eigenvalue weighted by Gasteiger charge is -2.22. The number of ether oxygens (including phenoxy) is 1. The van der Waals surface area contributed by atoms with Gasteiger partial charge in [-0.25, -0.2) is 14.8 Å². The number of carbonyl (C=O) groups is 1. The molecule has 0 unspecified atom stereocenters. The van der Waals surface area contributed by atoms with Crippen molar-refractivity contribution in [3.05, 3.63) is 17.5 Å². The Morgan fingerprint density at radius 1 is 1.50 bits per heavy atom. The first-order valence-corrected chi connectivity index (χ1v) is 8.21. The summed E-state index contributed by atoms with van der Waals surface area (Å²) in [6.45, 7) is 3.85. The minimum atomic E-state index is -0.678. The zero-order chi connectivity index (χ0) is 14.5. The van der Waals surface area contributed by atoms with Crippen LogP contribution in [0.3, 0.4) is 0 Å². The molecule has 1 fully saturated rings. The Hall–Kier alpha value is -1.50. The lowest BCUT2D eigenvalue weighted by atomic mass is 10.1. The van der Waals surface area contributed by atoms with Crippen molar-refractivity contribution >= 4 is 22.7 Å². The van der Waals surface area contributed by atoms with Crippen LogP contribution in [0.1, 0.15) is 35.8 Å². The molecule has 110 valence electrons. The summed E-state index contributed by atoms with van der Waals surface area (Å²) in [6.07, 6.45) is 3.20. The molecule has 0 atom stereocenters. The first-order valence-electron chi connectivity index (χ1n) is 6.72. The van der Waals surface area contributed by atoms with Crippen molar-refractivity contribution in [1.29, 1.82) is 0 Å². The third kappa shape index (κ3) is 3.75. The van der Waals surface area contributed by atoms with E-state index in [2.05, 4.69) is 15.3 Å². The molecule has 0 spiro atoms. The molecule has 0 bridgehead atoms. The van der Waals surface area contributed by atoms with Crippen LogP contribution in [0.4, 0.5) is 5.95 Å². The SMILES string of the molecule is CCOC(=O)c1cnc(NC2CCS(=O)CC2)nc1C. The lowest BCUT2D eigenvalue weighted by molar-refractivity contribution is 0.0524. The van der Waals surface area contributed by atoms with E-state index in [4.69, 9.17) is 4.74 Å². The standard InChI is InChI=1S/C13H19N3O3S/c1-3-19-12(17)11-8-14-13(15-9(11)2)16-10-4-6-20(18)7-5-10/h8,10H,3-7H2,1-2H3,(H,14,15,16). The average Bonchev–Trinajstić information content (AvgIpc) is 2.42. The maximum absolute atomic E-state index is 11.6. The van der Waals surface area contributed by atoms with Crippen molar-refractivity contribution in [2.24, 2.45) is 0 Å². The summed E-state index contributed by atoms with van der Waals surface area (Å²) >= 11 is 0. The van der Waals surface area contributed by atoms with Gasteiger partial charge in [0.05, 0.1) is 17.9 Å². The fourth-order valence-electron chi connectivity index (χ4n) is 2.07. The summed E-state index contributed by atoms with van der Waals surface area (Å²) < 4.78 is 16.2. The van der Waals surface area contributed by atoms with Crippen LogP contribution in [0, 0.1) is 6.92 Å². The smallest absolute Gasteiger partial charge is 0.341 e. The Bertz CT molecular complexity index is 512. The van der Waals surface area contributed by atoms with Crippen molar-refractivity contribution in [2.75, 3.05) is 23.4 Å². The molecule has 2 rings (SSSR count). The highest BCUT2D eigenvalue weighted by molar-refractivity contribution is 7.85. The first-order chi connectivity index (χ1) is 9.60. The maximum atomic E-state index is 11.6. The maximum Gasteiger partial charge on any atom is 0.341 e. The van der Waals surface area contributed by atoms with E-state index in [9.17, 15) is 9.00 Å². The van der Waals surface area contributed by atoms with Gasteiger partial charge in [0.15, 0.2) is 0 Å². The molecular formula is C13H19N3O3S. The number of carbonyl (C=O) groups excluding carboxylic acids is 1. The lowest BCUT2D eigenvalue weighted by Crippen LogP contribution is -2.30. The van der Waals surface area contributed by atoms with Gasteiger partial charge in [0.25, 0.3) is 0 Å². The number of anilines is 1. The molecule has 1 N–H and O–H groups in total. The number of hydrogen-bond donors (Lipinski definition) is 1. The van der Waals surface area contributed by atoms with Crippen LogP contribution in [0.15, 0.2) is 6.20 Å². The fraction of sp³-hybridized carbons (Fsp3) is 0.615. The van der Waals surface area contributed by atoms with Gasteiger partial charge < -0.3 is 10.1 Å². The Kier molecular flexibility index (Phi) is 5.05. The molecule has 0 aliphatic carbocycles. The van der Waals surface area contributed by atoms with Crippen molar-refractivity contribution in [3.8, 4) is 0 Å². The van der Waals surface area contributed by atoms with Gasteiger partial charge in [0.2, 0.25) is 5.95 Å². The van der Waals surface area contributed by atoms with Gasteiger partial charge in [0.1, 0.15) is 0 Å². The number of hydrogen-bond acceptors (Lipinski definition) is 6. The summed E-state index contributed by atoms with van der Waals surface area (Å²) in [7, 11) is -0.678.